The fraction of sp³-hybridized carbons (Fsp3) is 0.263. The lowest BCUT2D eigenvalue weighted by atomic mass is 10.1. The van der Waals surface area contributed by atoms with Gasteiger partial charge >= 0.3 is 0 Å². The molecule has 4 N–H and O–H groups in total. The number of nitrogens with zero attached hydrogens (tertiary/aromatic N) is 1. The van der Waals surface area contributed by atoms with Crippen molar-refractivity contribution in [2.75, 3.05) is 13.1 Å². The number of nitrogens with two attached hydrogens (primary N) is 1. The minimum absolute atomic E-state index is 0.200. The molecule has 0 saturated heterocycles. The fourth-order valence-electron chi connectivity index (χ4n) is 2.35. The molecule has 5 nitrogen and oxygen atoms in total. The molecule has 2 aromatic rings. The fourth-order valence-corrected chi connectivity index (χ4v) is 2.35. The first-order valence-corrected chi connectivity index (χ1v) is 8.24. The van der Waals surface area contributed by atoms with Gasteiger partial charge in [-0.3, -0.25) is 4.79 Å². The summed E-state index contributed by atoms with van der Waals surface area (Å²) in [7, 11) is 0. The van der Waals surface area contributed by atoms with Gasteiger partial charge in [0.05, 0.1) is 6.54 Å². The number of nitrogens with one attached hydrogen (secondary N) is 2. The molecule has 0 aliphatic carbocycles. The lowest BCUT2D eigenvalue weighted by Crippen LogP contribution is -2.38. The van der Waals surface area contributed by atoms with Gasteiger partial charge in [-0.25, -0.2) is 9.38 Å². The van der Waals surface area contributed by atoms with Crippen molar-refractivity contribution in [3.05, 3.63) is 71.0 Å². The van der Waals surface area contributed by atoms with E-state index in [1.807, 2.05) is 19.1 Å². The van der Waals surface area contributed by atoms with Gasteiger partial charge in [0.1, 0.15) is 5.82 Å². The third-order valence-corrected chi connectivity index (χ3v) is 3.62. The third kappa shape index (κ3) is 5.91. The van der Waals surface area contributed by atoms with Crippen molar-refractivity contribution in [2.45, 2.75) is 19.9 Å². The topological polar surface area (TPSA) is 79.5 Å². The number of hydrogen-bond donors (Lipinski definition) is 3. The van der Waals surface area contributed by atoms with Crippen LogP contribution >= 0.6 is 0 Å². The van der Waals surface area contributed by atoms with Crippen molar-refractivity contribution in [3.63, 3.8) is 0 Å². The van der Waals surface area contributed by atoms with Crippen LogP contribution in [-0.2, 0) is 13.0 Å². The summed E-state index contributed by atoms with van der Waals surface area (Å²) in [5.74, 6) is -0.0152. The van der Waals surface area contributed by atoms with Gasteiger partial charge in [0.15, 0.2) is 5.96 Å². The van der Waals surface area contributed by atoms with Gasteiger partial charge in [-0.1, -0.05) is 30.3 Å². The van der Waals surface area contributed by atoms with E-state index in [0.717, 1.165) is 5.56 Å². The lowest BCUT2D eigenvalue weighted by Gasteiger charge is -2.11. The van der Waals surface area contributed by atoms with E-state index in [1.165, 1.54) is 6.07 Å². The summed E-state index contributed by atoms with van der Waals surface area (Å²) in [5.41, 5.74) is 7.31. The van der Waals surface area contributed by atoms with E-state index in [2.05, 4.69) is 15.6 Å². The van der Waals surface area contributed by atoms with Gasteiger partial charge in [0.25, 0.3) is 0 Å². The summed E-state index contributed by atoms with van der Waals surface area (Å²) >= 11 is 0. The van der Waals surface area contributed by atoms with E-state index in [4.69, 9.17) is 5.73 Å². The van der Waals surface area contributed by atoms with Crippen LogP contribution in [0.3, 0.4) is 0 Å². The van der Waals surface area contributed by atoms with Gasteiger partial charge in [0.2, 0.25) is 5.91 Å². The van der Waals surface area contributed by atoms with Crippen LogP contribution in [0.25, 0.3) is 0 Å². The maximum Gasteiger partial charge on any atom is 0.248 e. The van der Waals surface area contributed by atoms with Crippen LogP contribution < -0.4 is 16.4 Å². The standard InChI is InChI=1S/C19H23FN4O/c1-2-22-19(23-11-10-15-7-3-4-9-17(15)20)24-13-14-6-5-8-16(12-14)18(21)25/h3-9,12H,2,10-11,13H2,1H3,(H2,21,25)(H2,22,23,24). The summed E-state index contributed by atoms with van der Waals surface area (Å²) in [5, 5.41) is 6.33. The summed E-state index contributed by atoms with van der Waals surface area (Å²) < 4.78 is 13.6. The summed E-state index contributed by atoms with van der Waals surface area (Å²) in [4.78, 5) is 15.7. The van der Waals surface area contributed by atoms with Crippen LogP contribution in [0, 0.1) is 5.82 Å². The van der Waals surface area contributed by atoms with E-state index in [9.17, 15) is 9.18 Å². The zero-order valence-electron chi connectivity index (χ0n) is 14.3. The molecule has 0 saturated carbocycles. The highest BCUT2D eigenvalue weighted by molar-refractivity contribution is 5.92. The van der Waals surface area contributed by atoms with Crippen molar-refractivity contribution < 1.29 is 9.18 Å². The second-order valence-corrected chi connectivity index (χ2v) is 5.53. The Bertz CT molecular complexity index is 746. The van der Waals surface area contributed by atoms with Crippen molar-refractivity contribution in [3.8, 4) is 0 Å². The van der Waals surface area contributed by atoms with Crippen molar-refractivity contribution in [1.29, 1.82) is 0 Å². The van der Waals surface area contributed by atoms with Gasteiger partial charge in [0, 0.05) is 18.7 Å². The molecule has 0 spiro atoms. The Hall–Kier alpha value is -2.89. The highest BCUT2D eigenvalue weighted by Gasteiger charge is 2.03. The first kappa shape index (κ1) is 18.4. The summed E-state index contributed by atoms with van der Waals surface area (Å²) in [6.07, 6.45) is 0.564. The number of guanidine groups is 1. The first-order valence-electron chi connectivity index (χ1n) is 8.24. The van der Waals surface area contributed by atoms with Crippen molar-refractivity contribution >= 4 is 11.9 Å². The lowest BCUT2D eigenvalue weighted by molar-refractivity contribution is 0.1000. The van der Waals surface area contributed by atoms with E-state index >= 15 is 0 Å². The van der Waals surface area contributed by atoms with Crippen molar-refractivity contribution in [2.24, 2.45) is 10.7 Å². The molecule has 2 aromatic carbocycles. The second kappa shape index (κ2) is 9.42. The molecule has 0 heterocycles. The maximum atomic E-state index is 13.6. The Labute approximate surface area is 147 Å². The minimum atomic E-state index is -0.458. The van der Waals surface area contributed by atoms with Gasteiger partial charge < -0.3 is 16.4 Å². The van der Waals surface area contributed by atoms with Crippen LogP contribution in [-0.4, -0.2) is 25.0 Å². The van der Waals surface area contributed by atoms with Crippen molar-refractivity contribution in [1.82, 2.24) is 10.6 Å². The van der Waals surface area contributed by atoms with Gasteiger partial charge in [-0.2, -0.15) is 0 Å². The predicted molar refractivity (Wildman–Crippen MR) is 97.9 cm³/mol. The quantitative estimate of drug-likeness (QED) is 0.533. The largest absolute Gasteiger partial charge is 0.366 e. The average Bonchev–Trinajstić information content (AvgIpc) is 2.61. The van der Waals surface area contributed by atoms with E-state index in [-0.39, 0.29) is 5.82 Å². The Morgan fingerprint density at radius 2 is 1.96 bits per heavy atom. The highest BCUT2D eigenvalue weighted by Crippen LogP contribution is 2.07. The number of halogens is 1. The molecule has 25 heavy (non-hydrogen) atoms. The number of aliphatic imine (C=N–C) groups is 1. The van der Waals surface area contributed by atoms with Crippen LogP contribution in [0.1, 0.15) is 28.4 Å². The normalized spacial score (nSPS) is 11.2. The molecule has 6 heteroatoms. The molecule has 0 aliphatic heterocycles. The zero-order chi connectivity index (χ0) is 18.1. The van der Waals surface area contributed by atoms with Gasteiger partial charge in [-0.15, -0.1) is 0 Å². The molecule has 132 valence electrons. The molecule has 1 amide bonds. The Balaban J connectivity index is 1.95. The smallest absolute Gasteiger partial charge is 0.248 e. The predicted octanol–water partition coefficient (Wildman–Crippen LogP) is 2.22. The number of carbonyl (C=O) groups is 1. The van der Waals surface area contributed by atoms with E-state index in [0.29, 0.717) is 43.1 Å². The Kier molecular flexibility index (Phi) is 6.95. The Morgan fingerprint density at radius 3 is 2.68 bits per heavy atom. The second-order valence-electron chi connectivity index (χ2n) is 5.53. The molecule has 0 atom stereocenters. The molecule has 0 bridgehead atoms. The molecule has 0 radical (unpaired) electrons. The molecule has 0 aliphatic rings. The maximum absolute atomic E-state index is 13.6. The summed E-state index contributed by atoms with van der Waals surface area (Å²) in [6.45, 7) is 3.67. The molecular formula is C19H23FN4O. The number of benzene rings is 2. The van der Waals surface area contributed by atoms with Gasteiger partial charge in [-0.05, 0) is 42.7 Å². The van der Waals surface area contributed by atoms with Crippen LogP contribution in [0.2, 0.25) is 0 Å². The Morgan fingerprint density at radius 1 is 1.16 bits per heavy atom. The van der Waals surface area contributed by atoms with Crippen LogP contribution in [0.5, 0.6) is 0 Å². The molecule has 0 aromatic heterocycles. The number of primary amides is 1. The molecule has 0 unspecified atom stereocenters. The first-order chi connectivity index (χ1) is 12.1. The van der Waals surface area contributed by atoms with Crippen LogP contribution in [0.15, 0.2) is 53.5 Å². The minimum Gasteiger partial charge on any atom is -0.366 e. The SMILES string of the molecule is CCNC(=NCc1cccc(C(N)=O)c1)NCCc1ccccc1F. The van der Waals surface area contributed by atoms with Crippen LogP contribution in [0.4, 0.5) is 4.39 Å². The number of hydrogen-bond acceptors (Lipinski definition) is 2. The molecule has 2 rings (SSSR count). The highest BCUT2D eigenvalue weighted by atomic mass is 19.1. The zero-order valence-corrected chi connectivity index (χ0v) is 14.3. The number of rotatable bonds is 7. The molecular weight excluding hydrogens is 319 g/mol. The monoisotopic (exact) mass is 342 g/mol. The molecule has 0 fully saturated rings. The van der Waals surface area contributed by atoms with E-state index < -0.39 is 5.91 Å². The summed E-state index contributed by atoms with van der Waals surface area (Å²) in [6, 6.07) is 13.8. The number of carbonyl (C=O) groups excluding carboxylic acids is 1. The third-order valence-electron chi connectivity index (χ3n) is 3.62. The average molecular weight is 342 g/mol. The number of amides is 1. The van der Waals surface area contributed by atoms with E-state index in [1.54, 1.807) is 30.3 Å².